The van der Waals surface area contributed by atoms with Crippen LogP contribution < -0.4 is 5.32 Å². The molecule has 0 atom stereocenters. The van der Waals surface area contributed by atoms with E-state index < -0.39 is 0 Å². The van der Waals surface area contributed by atoms with Gasteiger partial charge in [0.25, 0.3) is 0 Å². The third-order valence-electron chi connectivity index (χ3n) is 2.13. The summed E-state index contributed by atoms with van der Waals surface area (Å²) in [6, 6.07) is 0. The number of morpholine rings is 1. The molecule has 0 aromatic heterocycles. The summed E-state index contributed by atoms with van der Waals surface area (Å²) in [6.07, 6.45) is 4.07. The predicted octanol–water partition coefficient (Wildman–Crippen LogP) is 2.83. The van der Waals surface area contributed by atoms with Crippen molar-refractivity contribution in [1.29, 1.82) is 0 Å². The fourth-order valence-electron chi connectivity index (χ4n) is 1.22. The van der Waals surface area contributed by atoms with Crippen LogP contribution in [0.5, 0.6) is 0 Å². The lowest BCUT2D eigenvalue weighted by Gasteiger charge is -2.16. The summed E-state index contributed by atoms with van der Waals surface area (Å²) in [4.78, 5) is 0. The molecule has 2 heteroatoms. The largest absolute Gasteiger partial charge is 0.379 e. The quantitative estimate of drug-likeness (QED) is 0.742. The van der Waals surface area contributed by atoms with Crippen LogP contribution in [-0.2, 0) is 4.74 Å². The lowest BCUT2D eigenvalue weighted by atomic mass is 9.90. The number of unbranched alkanes of at least 4 members (excludes halogenated alkanes) is 1. The van der Waals surface area contributed by atoms with E-state index in [0.717, 1.165) is 26.3 Å². The van der Waals surface area contributed by atoms with E-state index in [2.05, 4.69) is 33.0 Å². The average molecular weight is 201 g/mol. The zero-order valence-corrected chi connectivity index (χ0v) is 10.4. The Morgan fingerprint density at radius 1 is 1.14 bits per heavy atom. The summed E-state index contributed by atoms with van der Waals surface area (Å²) in [5, 5.41) is 3.16. The van der Waals surface area contributed by atoms with Crippen LogP contribution in [0.15, 0.2) is 0 Å². The number of nitrogens with one attached hydrogen (secondary N) is 1. The van der Waals surface area contributed by atoms with Crippen molar-refractivity contribution < 1.29 is 4.74 Å². The van der Waals surface area contributed by atoms with Crippen LogP contribution in [0.1, 0.15) is 47.0 Å². The molecule has 86 valence electrons. The molecule has 1 saturated heterocycles. The first kappa shape index (κ1) is 13.9. The number of hydrogen-bond acceptors (Lipinski definition) is 2. The molecule has 0 saturated carbocycles. The van der Waals surface area contributed by atoms with Crippen LogP contribution in [0, 0.1) is 5.41 Å². The van der Waals surface area contributed by atoms with Gasteiger partial charge in [0.15, 0.2) is 0 Å². The second-order valence-corrected chi connectivity index (χ2v) is 5.03. The molecule has 2 nitrogen and oxygen atoms in total. The third kappa shape index (κ3) is 11.9. The molecule has 1 N–H and O–H groups in total. The highest BCUT2D eigenvalue weighted by atomic mass is 16.5. The van der Waals surface area contributed by atoms with E-state index in [1.807, 2.05) is 0 Å². The lowest BCUT2D eigenvalue weighted by Crippen LogP contribution is -2.30. The van der Waals surface area contributed by atoms with Gasteiger partial charge in [0.1, 0.15) is 0 Å². The monoisotopic (exact) mass is 201 g/mol. The van der Waals surface area contributed by atoms with Crippen molar-refractivity contribution in [3.63, 3.8) is 0 Å². The van der Waals surface area contributed by atoms with Gasteiger partial charge in [-0.3, -0.25) is 0 Å². The van der Waals surface area contributed by atoms with Crippen molar-refractivity contribution in [2.45, 2.75) is 47.0 Å². The molecule has 0 bridgehead atoms. The highest BCUT2D eigenvalue weighted by molar-refractivity contribution is 4.59. The lowest BCUT2D eigenvalue weighted by molar-refractivity contribution is 0.109. The van der Waals surface area contributed by atoms with Gasteiger partial charge in [0, 0.05) is 13.1 Å². The Hall–Kier alpha value is -0.0800. The minimum Gasteiger partial charge on any atom is -0.379 e. The molecule has 0 spiro atoms. The van der Waals surface area contributed by atoms with E-state index in [-0.39, 0.29) is 0 Å². The van der Waals surface area contributed by atoms with Crippen LogP contribution in [0.3, 0.4) is 0 Å². The number of rotatable bonds is 2. The van der Waals surface area contributed by atoms with Crippen molar-refractivity contribution in [1.82, 2.24) is 5.32 Å². The topological polar surface area (TPSA) is 21.3 Å². The van der Waals surface area contributed by atoms with Crippen LogP contribution >= 0.6 is 0 Å². The van der Waals surface area contributed by atoms with E-state index in [4.69, 9.17) is 4.74 Å². The summed E-state index contributed by atoms with van der Waals surface area (Å²) in [7, 11) is 0. The first-order chi connectivity index (χ1) is 6.56. The van der Waals surface area contributed by atoms with Crippen LogP contribution in [-0.4, -0.2) is 26.3 Å². The standard InChI is InChI=1S/C8H18.C4H9NO/c1-5-6-7-8(2,3)4;1-3-6-4-2-5-1/h5-7H2,1-4H3;5H,1-4H2. The molecule has 0 amide bonds. The molecule has 1 fully saturated rings. The minimum absolute atomic E-state index is 0.552. The Kier molecular flexibility index (Phi) is 8.20. The van der Waals surface area contributed by atoms with Crippen LogP contribution in [0.4, 0.5) is 0 Å². The summed E-state index contributed by atoms with van der Waals surface area (Å²) in [6.45, 7) is 13.0. The highest BCUT2D eigenvalue weighted by Crippen LogP contribution is 2.20. The van der Waals surface area contributed by atoms with Crippen molar-refractivity contribution >= 4 is 0 Å². The Morgan fingerprint density at radius 3 is 1.86 bits per heavy atom. The van der Waals surface area contributed by atoms with E-state index >= 15 is 0 Å². The van der Waals surface area contributed by atoms with Gasteiger partial charge in [0.2, 0.25) is 0 Å². The fourth-order valence-corrected chi connectivity index (χ4v) is 1.22. The number of hydrogen-bond donors (Lipinski definition) is 1. The van der Waals surface area contributed by atoms with Crippen LogP contribution in [0.2, 0.25) is 0 Å². The summed E-state index contributed by atoms with van der Waals surface area (Å²) < 4.78 is 5.01. The van der Waals surface area contributed by atoms with E-state index in [1.54, 1.807) is 0 Å². The van der Waals surface area contributed by atoms with Gasteiger partial charge in [-0.1, -0.05) is 40.5 Å². The molecule has 1 aliphatic heterocycles. The normalized spacial score (nSPS) is 17.1. The summed E-state index contributed by atoms with van der Waals surface area (Å²) >= 11 is 0. The van der Waals surface area contributed by atoms with Crippen molar-refractivity contribution in [2.75, 3.05) is 26.3 Å². The Balaban J connectivity index is 0.000000249. The third-order valence-corrected chi connectivity index (χ3v) is 2.13. The van der Waals surface area contributed by atoms with Gasteiger partial charge in [-0.25, -0.2) is 0 Å². The smallest absolute Gasteiger partial charge is 0.0591 e. The molecule has 0 aliphatic carbocycles. The highest BCUT2D eigenvalue weighted by Gasteiger charge is 2.07. The molecule has 1 heterocycles. The van der Waals surface area contributed by atoms with Crippen molar-refractivity contribution in [2.24, 2.45) is 5.41 Å². The van der Waals surface area contributed by atoms with Gasteiger partial charge >= 0.3 is 0 Å². The molecule has 0 aromatic rings. The van der Waals surface area contributed by atoms with Crippen molar-refractivity contribution in [3.05, 3.63) is 0 Å². The van der Waals surface area contributed by atoms with Crippen LogP contribution in [0.25, 0.3) is 0 Å². The summed E-state index contributed by atoms with van der Waals surface area (Å²) in [5.41, 5.74) is 0.552. The second-order valence-electron chi connectivity index (χ2n) is 5.03. The minimum atomic E-state index is 0.552. The summed E-state index contributed by atoms with van der Waals surface area (Å²) in [5.74, 6) is 0. The molecule has 0 aromatic carbocycles. The Labute approximate surface area is 89.4 Å². The molecule has 0 radical (unpaired) electrons. The molecule has 14 heavy (non-hydrogen) atoms. The van der Waals surface area contributed by atoms with E-state index in [0.29, 0.717) is 5.41 Å². The maximum atomic E-state index is 5.01. The van der Waals surface area contributed by atoms with E-state index in [1.165, 1.54) is 19.3 Å². The molecule has 1 rings (SSSR count). The van der Waals surface area contributed by atoms with Gasteiger partial charge in [0.05, 0.1) is 13.2 Å². The molecular formula is C12H27NO. The maximum absolute atomic E-state index is 5.01. The average Bonchev–Trinajstić information content (AvgIpc) is 2.17. The fraction of sp³-hybridized carbons (Fsp3) is 1.00. The molecule has 0 unspecified atom stereocenters. The predicted molar refractivity (Wildman–Crippen MR) is 62.7 cm³/mol. The Bertz CT molecular complexity index is 102. The van der Waals surface area contributed by atoms with Crippen molar-refractivity contribution in [3.8, 4) is 0 Å². The zero-order valence-electron chi connectivity index (χ0n) is 10.4. The first-order valence-corrected chi connectivity index (χ1v) is 5.85. The molecule has 1 aliphatic rings. The molecular weight excluding hydrogens is 174 g/mol. The maximum Gasteiger partial charge on any atom is 0.0591 e. The second kappa shape index (κ2) is 8.25. The van der Waals surface area contributed by atoms with Gasteiger partial charge < -0.3 is 10.1 Å². The van der Waals surface area contributed by atoms with Gasteiger partial charge in [-0.05, 0) is 11.8 Å². The number of ether oxygens (including phenoxy) is 1. The van der Waals surface area contributed by atoms with Gasteiger partial charge in [-0.15, -0.1) is 0 Å². The Morgan fingerprint density at radius 2 is 1.71 bits per heavy atom. The first-order valence-electron chi connectivity index (χ1n) is 5.85. The SMILES string of the molecule is C1COCCN1.CCCCC(C)(C)C. The van der Waals surface area contributed by atoms with Gasteiger partial charge in [-0.2, -0.15) is 0 Å². The van der Waals surface area contributed by atoms with E-state index in [9.17, 15) is 0 Å². The zero-order chi connectivity index (χ0) is 10.9.